The van der Waals surface area contributed by atoms with Gasteiger partial charge in [-0.25, -0.2) is 0 Å². The smallest absolute Gasteiger partial charge is 0.354 e. The number of hydrogen-bond donors (Lipinski definition) is 0. The molecule has 1 aliphatic rings. The van der Waals surface area contributed by atoms with Crippen molar-refractivity contribution in [2.45, 2.75) is 71.1 Å². The summed E-state index contributed by atoms with van der Waals surface area (Å²) in [5, 5.41) is -0.107. The van der Waals surface area contributed by atoms with Gasteiger partial charge in [0.05, 0.1) is 5.60 Å². The predicted molar refractivity (Wildman–Crippen MR) is 72.4 cm³/mol. The van der Waals surface area contributed by atoms with Gasteiger partial charge in [0.1, 0.15) is 5.22 Å². The molecule has 1 fully saturated rings. The summed E-state index contributed by atoms with van der Waals surface area (Å²) >= 11 is 0. The van der Waals surface area contributed by atoms with Gasteiger partial charge in [-0.3, -0.25) is 0 Å². The zero-order chi connectivity index (χ0) is 12.9. The number of hydrogen-bond acceptors (Lipinski definition) is 3. The molecule has 0 atom stereocenters. The minimum Gasteiger partial charge on any atom is -0.395 e. The van der Waals surface area contributed by atoms with Crippen LogP contribution in [0.4, 0.5) is 0 Å². The molecule has 0 aromatic carbocycles. The van der Waals surface area contributed by atoms with E-state index < -0.39 is 9.28 Å². The average molecular weight is 260 g/mol. The summed E-state index contributed by atoms with van der Waals surface area (Å²) in [6.07, 6.45) is 4.67. The zero-order valence-electron chi connectivity index (χ0n) is 12.0. The molecule has 0 aromatic heterocycles. The molecule has 0 saturated heterocycles. The van der Waals surface area contributed by atoms with Crippen molar-refractivity contribution in [1.29, 1.82) is 0 Å². The minimum absolute atomic E-state index is 0.107. The van der Waals surface area contributed by atoms with Crippen LogP contribution in [0.5, 0.6) is 0 Å². The van der Waals surface area contributed by atoms with Crippen molar-refractivity contribution in [3.8, 4) is 0 Å². The van der Waals surface area contributed by atoms with Gasteiger partial charge < -0.3 is 13.6 Å². The van der Waals surface area contributed by atoms with E-state index in [2.05, 4.69) is 20.8 Å². The monoisotopic (exact) mass is 260 g/mol. The van der Waals surface area contributed by atoms with Crippen LogP contribution < -0.4 is 0 Å². The lowest BCUT2D eigenvalue weighted by atomic mass is 10.1. The van der Waals surface area contributed by atoms with E-state index in [9.17, 15) is 0 Å². The maximum atomic E-state index is 6.37. The fraction of sp³-hybridized carbons (Fsp3) is 1.00. The van der Waals surface area contributed by atoms with Crippen LogP contribution in [-0.4, -0.2) is 33.3 Å². The third kappa shape index (κ3) is 4.36. The SMILES string of the molecule is CCO[SiH](OCC)C1(OC(C)(C)C)CCCC1. The molecular formula is C13H28O3Si. The Kier molecular flexibility index (Phi) is 5.63. The van der Waals surface area contributed by atoms with Crippen LogP contribution in [0.1, 0.15) is 60.3 Å². The predicted octanol–water partition coefficient (Wildman–Crippen LogP) is 2.95. The lowest BCUT2D eigenvalue weighted by molar-refractivity contribution is -0.104. The van der Waals surface area contributed by atoms with E-state index in [0.29, 0.717) is 0 Å². The van der Waals surface area contributed by atoms with Crippen LogP contribution in [0.3, 0.4) is 0 Å². The summed E-state index contributed by atoms with van der Waals surface area (Å²) in [5.74, 6) is 0. The van der Waals surface area contributed by atoms with Crippen LogP contribution >= 0.6 is 0 Å². The van der Waals surface area contributed by atoms with Crippen molar-refractivity contribution >= 4 is 9.28 Å². The summed E-state index contributed by atoms with van der Waals surface area (Å²) < 4.78 is 18.2. The maximum absolute atomic E-state index is 6.37. The molecule has 102 valence electrons. The van der Waals surface area contributed by atoms with Crippen molar-refractivity contribution in [1.82, 2.24) is 0 Å². The molecule has 4 heteroatoms. The van der Waals surface area contributed by atoms with Gasteiger partial charge in [-0.05, 0) is 47.5 Å². The molecule has 0 heterocycles. The molecule has 0 unspecified atom stereocenters. The van der Waals surface area contributed by atoms with Gasteiger partial charge in [0, 0.05) is 13.2 Å². The molecule has 0 aromatic rings. The first-order chi connectivity index (χ1) is 7.93. The van der Waals surface area contributed by atoms with Crippen LogP contribution in [0, 0.1) is 0 Å². The molecule has 1 aliphatic carbocycles. The Labute approximate surface area is 108 Å². The Bertz CT molecular complexity index is 213. The second-order valence-electron chi connectivity index (χ2n) is 5.73. The summed E-state index contributed by atoms with van der Waals surface area (Å²) in [5.41, 5.74) is -0.121. The van der Waals surface area contributed by atoms with Gasteiger partial charge in [-0.2, -0.15) is 0 Å². The molecule has 0 bridgehead atoms. The highest BCUT2D eigenvalue weighted by Crippen LogP contribution is 2.39. The van der Waals surface area contributed by atoms with Gasteiger partial charge in [-0.1, -0.05) is 12.8 Å². The third-order valence-corrected chi connectivity index (χ3v) is 5.85. The van der Waals surface area contributed by atoms with Gasteiger partial charge in [0.15, 0.2) is 0 Å². The molecule has 0 spiro atoms. The summed E-state index contributed by atoms with van der Waals surface area (Å²) in [6.45, 7) is 11.9. The van der Waals surface area contributed by atoms with E-state index in [-0.39, 0.29) is 10.8 Å². The largest absolute Gasteiger partial charge is 0.395 e. The molecule has 3 nitrogen and oxygen atoms in total. The van der Waals surface area contributed by atoms with E-state index in [1.165, 1.54) is 12.8 Å². The fourth-order valence-corrected chi connectivity index (χ4v) is 5.26. The minimum atomic E-state index is -1.74. The van der Waals surface area contributed by atoms with Gasteiger partial charge >= 0.3 is 9.28 Å². The fourth-order valence-electron chi connectivity index (χ4n) is 2.62. The Hall–Kier alpha value is 0.0969. The van der Waals surface area contributed by atoms with E-state index >= 15 is 0 Å². The van der Waals surface area contributed by atoms with Crippen LogP contribution in [0.25, 0.3) is 0 Å². The van der Waals surface area contributed by atoms with Gasteiger partial charge in [0.2, 0.25) is 0 Å². The van der Waals surface area contributed by atoms with Crippen LogP contribution in [0.2, 0.25) is 0 Å². The van der Waals surface area contributed by atoms with Crippen molar-refractivity contribution in [3.63, 3.8) is 0 Å². The van der Waals surface area contributed by atoms with Crippen LogP contribution in [0.15, 0.2) is 0 Å². The maximum Gasteiger partial charge on any atom is 0.354 e. The normalized spacial score (nSPS) is 20.1. The Balaban J connectivity index is 2.79. The summed E-state index contributed by atoms with van der Waals surface area (Å²) in [6, 6.07) is 0. The molecular weight excluding hydrogens is 232 g/mol. The molecule has 17 heavy (non-hydrogen) atoms. The molecule has 0 aliphatic heterocycles. The molecule has 0 N–H and O–H groups in total. The van der Waals surface area contributed by atoms with E-state index in [4.69, 9.17) is 13.6 Å². The second kappa shape index (κ2) is 6.32. The topological polar surface area (TPSA) is 27.7 Å². The van der Waals surface area contributed by atoms with Crippen molar-refractivity contribution in [2.75, 3.05) is 13.2 Å². The number of rotatable bonds is 6. The first-order valence-corrected chi connectivity index (χ1v) is 8.39. The Morgan fingerprint density at radius 3 is 1.82 bits per heavy atom. The lowest BCUT2D eigenvalue weighted by Crippen LogP contribution is -2.53. The highest BCUT2D eigenvalue weighted by molar-refractivity contribution is 6.48. The lowest BCUT2D eigenvalue weighted by Gasteiger charge is -2.40. The highest BCUT2D eigenvalue weighted by Gasteiger charge is 2.48. The van der Waals surface area contributed by atoms with Crippen molar-refractivity contribution in [3.05, 3.63) is 0 Å². The number of ether oxygens (including phenoxy) is 1. The highest BCUT2D eigenvalue weighted by atomic mass is 28.3. The van der Waals surface area contributed by atoms with E-state index in [1.54, 1.807) is 0 Å². The van der Waals surface area contributed by atoms with E-state index in [1.807, 2.05) is 13.8 Å². The molecule has 1 rings (SSSR count). The summed E-state index contributed by atoms with van der Waals surface area (Å²) in [7, 11) is -1.74. The van der Waals surface area contributed by atoms with Crippen molar-refractivity contribution in [2.24, 2.45) is 0 Å². The average Bonchev–Trinajstić information content (AvgIpc) is 2.64. The van der Waals surface area contributed by atoms with Crippen molar-refractivity contribution < 1.29 is 13.6 Å². The third-order valence-electron chi connectivity index (χ3n) is 3.02. The zero-order valence-corrected chi connectivity index (χ0v) is 13.2. The van der Waals surface area contributed by atoms with Crippen LogP contribution in [-0.2, 0) is 13.6 Å². The first-order valence-electron chi connectivity index (χ1n) is 6.87. The molecule has 1 saturated carbocycles. The standard InChI is InChI=1S/C13H28O3Si/c1-6-14-17(15-7-2)13(10-8-9-11-13)16-12(3,4)5/h17H,6-11H2,1-5H3. The van der Waals surface area contributed by atoms with E-state index in [0.717, 1.165) is 26.1 Å². The Morgan fingerprint density at radius 2 is 1.47 bits per heavy atom. The summed E-state index contributed by atoms with van der Waals surface area (Å²) in [4.78, 5) is 0. The molecule has 0 radical (unpaired) electrons. The first kappa shape index (κ1) is 15.2. The molecule has 0 amide bonds. The van der Waals surface area contributed by atoms with Gasteiger partial charge in [0.25, 0.3) is 0 Å². The van der Waals surface area contributed by atoms with Gasteiger partial charge in [-0.15, -0.1) is 0 Å². The second-order valence-corrected chi connectivity index (χ2v) is 8.11. The Morgan fingerprint density at radius 1 is 1.00 bits per heavy atom. The quantitative estimate of drug-likeness (QED) is 0.687.